The van der Waals surface area contributed by atoms with Gasteiger partial charge in [-0.2, -0.15) is 5.12 Å². The Balaban J connectivity index is 2.19. The van der Waals surface area contributed by atoms with Gasteiger partial charge in [0, 0.05) is 25.0 Å². The van der Waals surface area contributed by atoms with Crippen molar-refractivity contribution in [3.05, 3.63) is 60.4 Å². The molecular weight excluding hydrogens is 244 g/mol. The highest BCUT2D eigenvalue weighted by molar-refractivity contribution is 5.94. The number of aromatic nitrogens is 1. The first kappa shape index (κ1) is 13.0. The molecule has 1 aromatic carbocycles. The topological polar surface area (TPSA) is 68.7 Å². The first-order valence-electron chi connectivity index (χ1n) is 5.67. The predicted molar refractivity (Wildman–Crippen MR) is 70.0 cm³/mol. The van der Waals surface area contributed by atoms with E-state index in [0.717, 1.165) is 5.12 Å². The molecule has 0 spiro atoms. The van der Waals surface area contributed by atoms with Gasteiger partial charge < -0.3 is 0 Å². The molecule has 0 radical (unpaired) electrons. The molecule has 0 unspecified atom stereocenters. The van der Waals surface area contributed by atoms with Gasteiger partial charge in [0.1, 0.15) is 0 Å². The summed E-state index contributed by atoms with van der Waals surface area (Å²) in [7, 11) is 1.36. The lowest BCUT2D eigenvalue weighted by Gasteiger charge is -2.27. The summed E-state index contributed by atoms with van der Waals surface area (Å²) in [6.07, 6.45) is 3.04. The number of nitrogens with zero attached hydrogens (tertiary/aromatic N) is 3. The Morgan fingerprint density at radius 3 is 2.37 bits per heavy atom. The number of carbonyl (C=O) groups is 1. The van der Waals surface area contributed by atoms with Crippen molar-refractivity contribution in [3.63, 3.8) is 0 Å². The molecule has 2 aromatic rings. The minimum absolute atomic E-state index is 0.392. The van der Waals surface area contributed by atoms with Crippen LogP contribution >= 0.6 is 0 Å². The van der Waals surface area contributed by atoms with Crippen LogP contribution in [0, 0.1) is 0 Å². The van der Waals surface area contributed by atoms with E-state index in [1.165, 1.54) is 19.4 Å². The Morgan fingerprint density at radius 2 is 1.79 bits per heavy atom. The first-order valence-corrected chi connectivity index (χ1v) is 5.67. The molecule has 19 heavy (non-hydrogen) atoms. The number of hydroxylamine groups is 1. The lowest BCUT2D eigenvalue weighted by Crippen LogP contribution is -2.46. The van der Waals surface area contributed by atoms with Crippen molar-refractivity contribution in [3.8, 4) is 0 Å². The highest BCUT2D eigenvalue weighted by Gasteiger charge is 2.19. The number of benzene rings is 1. The standard InChI is InChI=1S/C13H14N4O2/c1-16(19)17(15-12-5-3-2-4-6-12)13(18)11-7-9-14-10-8-11/h2-10,15,19H,1H3. The molecule has 2 rings (SSSR count). The van der Waals surface area contributed by atoms with Crippen LogP contribution in [-0.2, 0) is 0 Å². The molecule has 1 aromatic heterocycles. The Hall–Kier alpha value is -2.44. The van der Waals surface area contributed by atoms with E-state index < -0.39 is 5.91 Å². The maximum Gasteiger partial charge on any atom is 0.289 e. The zero-order valence-corrected chi connectivity index (χ0v) is 10.4. The Bertz CT molecular complexity index is 531. The van der Waals surface area contributed by atoms with E-state index in [9.17, 15) is 10.0 Å². The van der Waals surface area contributed by atoms with Crippen molar-refractivity contribution in [1.29, 1.82) is 0 Å². The molecule has 1 heterocycles. The average Bonchev–Trinajstić information content (AvgIpc) is 2.46. The van der Waals surface area contributed by atoms with Gasteiger partial charge in [0.25, 0.3) is 5.91 Å². The van der Waals surface area contributed by atoms with Crippen LogP contribution in [0.4, 0.5) is 5.69 Å². The number of rotatable bonds is 4. The Labute approximate surface area is 110 Å². The van der Waals surface area contributed by atoms with Crippen LogP contribution in [0.2, 0.25) is 0 Å². The minimum Gasteiger partial charge on any atom is -0.293 e. The summed E-state index contributed by atoms with van der Waals surface area (Å²) in [4.78, 5) is 16.1. The number of amides is 1. The van der Waals surface area contributed by atoms with Crippen molar-refractivity contribution in [2.75, 3.05) is 12.5 Å². The summed E-state index contributed by atoms with van der Waals surface area (Å²) in [5, 5.41) is 11.3. The SMILES string of the molecule is CN(O)N(Nc1ccccc1)C(=O)c1ccncc1. The fraction of sp³-hybridized carbons (Fsp3) is 0.0769. The smallest absolute Gasteiger partial charge is 0.289 e. The fourth-order valence-corrected chi connectivity index (χ4v) is 1.51. The second kappa shape index (κ2) is 5.94. The van der Waals surface area contributed by atoms with Crippen LogP contribution in [0.15, 0.2) is 54.9 Å². The molecule has 0 aliphatic carbocycles. The zero-order valence-electron chi connectivity index (χ0n) is 10.4. The van der Waals surface area contributed by atoms with Crippen molar-refractivity contribution in [2.24, 2.45) is 0 Å². The van der Waals surface area contributed by atoms with Gasteiger partial charge >= 0.3 is 0 Å². The highest BCUT2D eigenvalue weighted by Crippen LogP contribution is 2.10. The largest absolute Gasteiger partial charge is 0.293 e. The third-order valence-electron chi connectivity index (χ3n) is 2.42. The Morgan fingerprint density at radius 1 is 1.16 bits per heavy atom. The van der Waals surface area contributed by atoms with Gasteiger partial charge in [0.05, 0.1) is 5.69 Å². The number of hydrogen-bond donors (Lipinski definition) is 2. The van der Waals surface area contributed by atoms with Gasteiger partial charge in [-0.25, -0.2) is 0 Å². The Kier molecular flexibility index (Phi) is 4.07. The predicted octanol–water partition coefficient (Wildman–Crippen LogP) is 1.79. The van der Waals surface area contributed by atoms with Crippen LogP contribution in [0.25, 0.3) is 0 Å². The van der Waals surface area contributed by atoms with E-state index in [1.807, 2.05) is 18.2 Å². The molecule has 6 heteroatoms. The monoisotopic (exact) mass is 258 g/mol. The van der Waals surface area contributed by atoms with E-state index in [-0.39, 0.29) is 0 Å². The second-order valence-electron chi connectivity index (χ2n) is 3.82. The maximum atomic E-state index is 12.2. The van der Waals surface area contributed by atoms with Gasteiger partial charge in [0.15, 0.2) is 0 Å². The third kappa shape index (κ3) is 3.27. The molecule has 0 bridgehead atoms. The van der Waals surface area contributed by atoms with E-state index in [2.05, 4.69) is 10.4 Å². The number of nitrogens with one attached hydrogen (secondary N) is 1. The minimum atomic E-state index is -0.392. The number of hydrazine groups is 2. The molecular formula is C13H14N4O2. The number of hydrogen-bond acceptors (Lipinski definition) is 5. The van der Waals surface area contributed by atoms with E-state index >= 15 is 0 Å². The second-order valence-corrected chi connectivity index (χ2v) is 3.82. The van der Waals surface area contributed by atoms with Crippen molar-refractivity contribution in [1.82, 2.24) is 15.3 Å². The third-order valence-corrected chi connectivity index (χ3v) is 2.42. The van der Waals surface area contributed by atoms with Crippen LogP contribution < -0.4 is 5.43 Å². The molecule has 0 saturated carbocycles. The van der Waals surface area contributed by atoms with Crippen molar-refractivity contribution < 1.29 is 10.0 Å². The van der Waals surface area contributed by atoms with Crippen LogP contribution in [0.5, 0.6) is 0 Å². The van der Waals surface area contributed by atoms with Gasteiger partial charge in [-0.1, -0.05) is 23.4 Å². The molecule has 98 valence electrons. The summed E-state index contributed by atoms with van der Waals surface area (Å²) in [6, 6.07) is 12.2. The fourth-order valence-electron chi connectivity index (χ4n) is 1.51. The normalized spacial score (nSPS) is 10.3. The lowest BCUT2D eigenvalue weighted by atomic mass is 10.2. The molecule has 0 atom stereocenters. The van der Waals surface area contributed by atoms with Crippen molar-refractivity contribution >= 4 is 11.6 Å². The van der Waals surface area contributed by atoms with Crippen LogP contribution in [-0.4, -0.2) is 33.4 Å². The molecule has 6 nitrogen and oxygen atoms in total. The van der Waals surface area contributed by atoms with E-state index in [4.69, 9.17) is 0 Å². The molecule has 0 aliphatic rings. The summed E-state index contributed by atoms with van der Waals surface area (Å²) in [5.74, 6) is -0.392. The summed E-state index contributed by atoms with van der Waals surface area (Å²) >= 11 is 0. The average molecular weight is 258 g/mol. The number of anilines is 1. The van der Waals surface area contributed by atoms with E-state index in [1.54, 1.807) is 24.3 Å². The number of para-hydroxylation sites is 1. The molecule has 2 N–H and O–H groups in total. The first-order chi connectivity index (χ1) is 9.18. The quantitative estimate of drug-likeness (QED) is 0.818. The van der Waals surface area contributed by atoms with Crippen LogP contribution in [0.3, 0.4) is 0 Å². The molecule has 0 aliphatic heterocycles. The number of carbonyl (C=O) groups excluding carboxylic acids is 1. The lowest BCUT2D eigenvalue weighted by molar-refractivity contribution is -0.190. The summed E-state index contributed by atoms with van der Waals surface area (Å²) in [6.45, 7) is 0. The van der Waals surface area contributed by atoms with Gasteiger partial charge in [-0.15, -0.1) is 0 Å². The van der Waals surface area contributed by atoms with Gasteiger partial charge in [-0.05, 0) is 24.3 Å². The zero-order chi connectivity index (χ0) is 13.7. The summed E-state index contributed by atoms with van der Waals surface area (Å²) in [5.41, 5.74) is 3.92. The molecule has 0 saturated heterocycles. The van der Waals surface area contributed by atoms with Gasteiger partial charge in [0.2, 0.25) is 0 Å². The highest BCUT2D eigenvalue weighted by atomic mass is 16.6. The van der Waals surface area contributed by atoms with Crippen molar-refractivity contribution in [2.45, 2.75) is 0 Å². The number of pyridine rings is 1. The van der Waals surface area contributed by atoms with E-state index in [0.29, 0.717) is 16.4 Å². The molecule has 0 fully saturated rings. The maximum absolute atomic E-state index is 12.2. The van der Waals surface area contributed by atoms with Crippen LogP contribution in [0.1, 0.15) is 10.4 Å². The van der Waals surface area contributed by atoms with Gasteiger partial charge in [-0.3, -0.25) is 20.4 Å². The summed E-state index contributed by atoms with van der Waals surface area (Å²) < 4.78 is 0. The molecule has 1 amide bonds.